The minimum Gasteiger partial charge on any atom is -0.497 e. The highest BCUT2D eigenvalue weighted by Gasteiger charge is 2.46. The summed E-state index contributed by atoms with van der Waals surface area (Å²) in [6.07, 6.45) is 5.93. The number of amides is 3. The van der Waals surface area contributed by atoms with Crippen molar-refractivity contribution in [3.63, 3.8) is 0 Å². The van der Waals surface area contributed by atoms with Gasteiger partial charge in [0, 0.05) is 43.2 Å². The number of nitrogens with zero attached hydrogens (tertiary/aromatic N) is 2. The molecule has 3 amide bonds. The highest BCUT2D eigenvalue weighted by atomic mass is 16.5. The highest BCUT2D eigenvalue weighted by molar-refractivity contribution is 5.89. The topological polar surface area (TPSA) is 61.9 Å². The first-order valence-electron chi connectivity index (χ1n) is 9.58. The number of carbonyl (C=O) groups is 2. The van der Waals surface area contributed by atoms with Crippen molar-refractivity contribution in [2.24, 2.45) is 5.41 Å². The number of nitrogens with one attached hydrogen (secondary N) is 1. The molecular weight excluding hydrogens is 330 g/mol. The van der Waals surface area contributed by atoms with Crippen molar-refractivity contribution in [1.29, 1.82) is 0 Å². The zero-order chi connectivity index (χ0) is 18.1. The summed E-state index contributed by atoms with van der Waals surface area (Å²) in [4.78, 5) is 29.0. The number of piperidine rings is 2. The van der Waals surface area contributed by atoms with E-state index in [0.717, 1.165) is 63.2 Å². The van der Waals surface area contributed by atoms with E-state index in [1.165, 1.54) is 0 Å². The smallest absolute Gasteiger partial charge is 0.321 e. The van der Waals surface area contributed by atoms with Crippen LogP contribution in [-0.4, -0.2) is 54.5 Å². The average molecular weight is 357 g/mol. The van der Waals surface area contributed by atoms with Crippen LogP contribution in [0.3, 0.4) is 0 Å². The molecule has 4 rings (SSSR count). The summed E-state index contributed by atoms with van der Waals surface area (Å²) in [5.41, 5.74) is 0.847. The fourth-order valence-corrected chi connectivity index (χ4v) is 4.35. The van der Waals surface area contributed by atoms with Crippen LogP contribution in [0.1, 0.15) is 38.5 Å². The lowest BCUT2D eigenvalue weighted by molar-refractivity contribution is -0.139. The SMILES string of the molecule is COc1ccc(NC(=O)N2CCCC3(CCC(=O)N(C4CC4)C3)C2)cc1. The number of methoxy groups -OCH3 is 1. The number of rotatable bonds is 3. The van der Waals surface area contributed by atoms with Gasteiger partial charge in [-0.3, -0.25) is 4.79 Å². The number of hydrogen-bond acceptors (Lipinski definition) is 3. The molecule has 6 heteroatoms. The Labute approximate surface area is 154 Å². The first kappa shape index (κ1) is 17.2. The van der Waals surface area contributed by atoms with Crippen LogP contribution in [0.5, 0.6) is 5.75 Å². The maximum Gasteiger partial charge on any atom is 0.321 e. The highest BCUT2D eigenvalue weighted by Crippen LogP contribution is 2.42. The van der Waals surface area contributed by atoms with E-state index in [1.807, 2.05) is 29.2 Å². The molecule has 0 bridgehead atoms. The van der Waals surface area contributed by atoms with Crippen LogP contribution in [-0.2, 0) is 4.79 Å². The minimum absolute atomic E-state index is 0.0517. The Morgan fingerprint density at radius 2 is 1.96 bits per heavy atom. The second kappa shape index (κ2) is 6.82. The van der Waals surface area contributed by atoms with Gasteiger partial charge in [0.25, 0.3) is 0 Å². The first-order chi connectivity index (χ1) is 12.6. The number of anilines is 1. The van der Waals surface area contributed by atoms with Gasteiger partial charge < -0.3 is 19.9 Å². The molecule has 0 radical (unpaired) electrons. The second-order valence-corrected chi connectivity index (χ2v) is 7.94. The van der Waals surface area contributed by atoms with Gasteiger partial charge in [0.15, 0.2) is 0 Å². The minimum atomic E-state index is -0.0517. The molecule has 3 fully saturated rings. The molecule has 26 heavy (non-hydrogen) atoms. The molecule has 140 valence electrons. The van der Waals surface area contributed by atoms with E-state index in [0.29, 0.717) is 18.4 Å². The number of ether oxygens (including phenoxy) is 1. The van der Waals surface area contributed by atoms with E-state index in [2.05, 4.69) is 10.2 Å². The van der Waals surface area contributed by atoms with Crippen molar-refractivity contribution in [2.45, 2.75) is 44.6 Å². The number of carbonyl (C=O) groups excluding carboxylic acids is 2. The molecule has 1 aromatic rings. The van der Waals surface area contributed by atoms with Gasteiger partial charge in [-0.15, -0.1) is 0 Å². The van der Waals surface area contributed by atoms with Gasteiger partial charge in [0.2, 0.25) is 5.91 Å². The van der Waals surface area contributed by atoms with Crippen molar-refractivity contribution in [3.8, 4) is 5.75 Å². The molecule has 0 aromatic heterocycles. The van der Waals surface area contributed by atoms with Gasteiger partial charge >= 0.3 is 6.03 Å². The summed E-state index contributed by atoms with van der Waals surface area (Å²) in [7, 11) is 1.63. The van der Waals surface area contributed by atoms with Crippen molar-refractivity contribution < 1.29 is 14.3 Å². The van der Waals surface area contributed by atoms with Crippen molar-refractivity contribution in [3.05, 3.63) is 24.3 Å². The largest absolute Gasteiger partial charge is 0.497 e. The van der Waals surface area contributed by atoms with Crippen molar-refractivity contribution >= 4 is 17.6 Å². The van der Waals surface area contributed by atoms with Gasteiger partial charge in [-0.2, -0.15) is 0 Å². The lowest BCUT2D eigenvalue weighted by atomic mass is 9.73. The summed E-state index contributed by atoms with van der Waals surface area (Å²) in [6.45, 7) is 2.34. The maximum absolute atomic E-state index is 12.7. The Hall–Kier alpha value is -2.24. The Morgan fingerprint density at radius 1 is 1.19 bits per heavy atom. The fraction of sp³-hybridized carbons (Fsp3) is 0.600. The molecule has 1 atom stereocenters. The number of hydrogen-bond donors (Lipinski definition) is 1. The summed E-state index contributed by atoms with van der Waals surface area (Å²) < 4.78 is 5.15. The zero-order valence-electron chi connectivity index (χ0n) is 15.4. The van der Waals surface area contributed by atoms with E-state index < -0.39 is 0 Å². The van der Waals surface area contributed by atoms with E-state index >= 15 is 0 Å². The molecule has 1 N–H and O–H groups in total. The standard InChI is InChI=1S/C20H27N3O3/c1-26-17-7-3-15(4-8-17)21-19(25)22-12-2-10-20(13-22)11-9-18(24)23(14-20)16-5-6-16/h3-4,7-8,16H,2,5-6,9-14H2,1H3,(H,21,25). The van der Waals surface area contributed by atoms with E-state index in [1.54, 1.807) is 7.11 Å². The van der Waals surface area contributed by atoms with Crippen LogP contribution in [0.2, 0.25) is 0 Å². The third-order valence-electron chi connectivity index (χ3n) is 5.97. The second-order valence-electron chi connectivity index (χ2n) is 7.94. The van der Waals surface area contributed by atoms with Crippen molar-refractivity contribution in [2.75, 3.05) is 32.1 Å². The maximum atomic E-state index is 12.7. The fourth-order valence-electron chi connectivity index (χ4n) is 4.35. The monoisotopic (exact) mass is 357 g/mol. The molecule has 6 nitrogen and oxygen atoms in total. The summed E-state index contributed by atoms with van der Waals surface area (Å²) >= 11 is 0. The predicted octanol–water partition coefficient (Wildman–Crippen LogP) is 3.09. The molecule has 1 spiro atoms. The number of benzene rings is 1. The van der Waals surface area contributed by atoms with Gasteiger partial charge in [0.1, 0.15) is 5.75 Å². The zero-order valence-corrected chi connectivity index (χ0v) is 15.4. The lowest BCUT2D eigenvalue weighted by Gasteiger charge is -2.48. The van der Waals surface area contributed by atoms with Gasteiger partial charge in [-0.25, -0.2) is 4.79 Å². The van der Waals surface area contributed by atoms with Crippen LogP contribution in [0, 0.1) is 5.41 Å². The Balaban J connectivity index is 1.40. The normalized spacial score (nSPS) is 26.1. The van der Waals surface area contributed by atoms with E-state index in [9.17, 15) is 9.59 Å². The summed E-state index contributed by atoms with van der Waals surface area (Å²) in [5.74, 6) is 1.07. The van der Waals surface area contributed by atoms with E-state index in [-0.39, 0.29) is 11.4 Å². The molecule has 2 saturated heterocycles. The third kappa shape index (κ3) is 3.50. The molecule has 3 aliphatic rings. The Kier molecular flexibility index (Phi) is 4.51. The Morgan fingerprint density at radius 3 is 2.65 bits per heavy atom. The van der Waals surface area contributed by atoms with Crippen LogP contribution >= 0.6 is 0 Å². The molecule has 1 aliphatic carbocycles. The van der Waals surface area contributed by atoms with Crippen LogP contribution in [0.15, 0.2) is 24.3 Å². The quantitative estimate of drug-likeness (QED) is 0.904. The Bertz CT molecular complexity index is 686. The molecule has 2 heterocycles. The summed E-state index contributed by atoms with van der Waals surface area (Å²) in [5, 5.41) is 2.99. The number of likely N-dealkylation sites (tertiary alicyclic amines) is 2. The third-order valence-corrected chi connectivity index (χ3v) is 5.97. The molecule has 2 aliphatic heterocycles. The number of urea groups is 1. The molecule has 1 unspecified atom stereocenters. The van der Waals surface area contributed by atoms with Gasteiger partial charge in [-0.05, 0) is 56.4 Å². The van der Waals surface area contributed by atoms with Gasteiger partial charge in [0.05, 0.1) is 7.11 Å². The average Bonchev–Trinajstić information content (AvgIpc) is 3.50. The van der Waals surface area contributed by atoms with Crippen LogP contribution < -0.4 is 10.1 Å². The van der Waals surface area contributed by atoms with Crippen LogP contribution in [0.25, 0.3) is 0 Å². The predicted molar refractivity (Wildman–Crippen MR) is 99.2 cm³/mol. The molecular formula is C20H27N3O3. The van der Waals surface area contributed by atoms with Crippen LogP contribution in [0.4, 0.5) is 10.5 Å². The van der Waals surface area contributed by atoms with Gasteiger partial charge in [-0.1, -0.05) is 0 Å². The first-order valence-corrected chi connectivity index (χ1v) is 9.58. The summed E-state index contributed by atoms with van der Waals surface area (Å²) in [6, 6.07) is 7.79. The lowest BCUT2D eigenvalue weighted by Crippen LogP contribution is -2.56. The van der Waals surface area contributed by atoms with E-state index in [4.69, 9.17) is 4.74 Å². The van der Waals surface area contributed by atoms with Crippen molar-refractivity contribution in [1.82, 2.24) is 9.80 Å². The molecule has 1 saturated carbocycles. The molecule has 1 aromatic carbocycles.